The average Bonchev–Trinajstić information content (AvgIpc) is 3.13. The molecule has 2 aliphatic rings. The summed E-state index contributed by atoms with van der Waals surface area (Å²) >= 11 is 0. The molecule has 3 rings (SSSR count). The number of sulfone groups is 1. The highest BCUT2D eigenvalue weighted by Gasteiger charge is 2.54. The maximum Gasteiger partial charge on any atom is 0.185 e. The molecule has 2 aliphatic carbocycles. The first-order chi connectivity index (χ1) is 13.4. The van der Waals surface area contributed by atoms with E-state index in [1.807, 2.05) is 13.0 Å². The summed E-state index contributed by atoms with van der Waals surface area (Å²) in [5, 5.41) is 20.0. The van der Waals surface area contributed by atoms with Crippen LogP contribution < -0.4 is 0 Å². The van der Waals surface area contributed by atoms with Gasteiger partial charge in [0.1, 0.15) is 0 Å². The van der Waals surface area contributed by atoms with Crippen molar-refractivity contribution in [3.8, 4) is 0 Å². The van der Waals surface area contributed by atoms with Crippen molar-refractivity contribution in [3.05, 3.63) is 54.6 Å². The van der Waals surface area contributed by atoms with E-state index in [9.17, 15) is 18.6 Å². The van der Waals surface area contributed by atoms with Crippen molar-refractivity contribution in [2.24, 2.45) is 17.8 Å². The van der Waals surface area contributed by atoms with Gasteiger partial charge in [-0.25, -0.2) is 8.42 Å². The molecular formula is C22H30O5S. The van der Waals surface area contributed by atoms with Crippen LogP contribution in [0.25, 0.3) is 0 Å². The van der Waals surface area contributed by atoms with Crippen molar-refractivity contribution >= 4 is 9.84 Å². The van der Waals surface area contributed by atoms with Crippen LogP contribution in [0.2, 0.25) is 0 Å². The van der Waals surface area contributed by atoms with Gasteiger partial charge in [0.25, 0.3) is 0 Å². The van der Waals surface area contributed by atoms with Gasteiger partial charge < -0.3 is 14.9 Å². The molecule has 0 saturated heterocycles. The second-order valence-corrected chi connectivity index (χ2v) is 9.86. The lowest BCUT2D eigenvalue weighted by Crippen LogP contribution is -2.27. The lowest BCUT2D eigenvalue weighted by Gasteiger charge is -2.20. The molecule has 5 nitrogen and oxygen atoms in total. The van der Waals surface area contributed by atoms with E-state index in [0.717, 1.165) is 5.57 Å². The Balaban J connectivity index is 1.75. The SMILES string of the molecule is C=C1C[C@H]2[C@H](/C=C/[C@@H](O)CCOCC)[C@H](O)C[C@@H]2C1S(=O)(=O)c1ccccc1. The Morgan fingerprint density at radius 3 is 2.68 bits per heavy atom. The van der Waals surface area contributed by atoms with Gasteiger partial charge in [-0.15, -0.1) is 0 Å². The van der Waals surface area contributed by atoms with E-state index in [-0.39, 0.29) is 17.8 Å². The first-order valence-electron chi connectivity index (χ1n) is 9.95. The van der Waals surface area contributed by atoms with Crippen molar-refractivity contribution in [3.63, 3.8) is 0 Å². The standard InChI is InChI=1S/C22H30O5S/c1-3-27-12-11-16(23)9-10-18-19-13-15(2)22(20(19)14-21(18)24)28(25,26)17-7-5-4-6-8-17/h4-10,16,18-24H,2-3,11-14H2,1H3/b10-9+/t16-,18+,19+,20+,21-,22?/m1/s1. The van der Waals surface area contributed by atoms with Crippen LogP contribution in [0.1, 0.15) is 26.2 Å². The van der Waals surface area contributed by atoms with Gasteiger partial charge in [0.2, 0.25) is 0 Å². The van der Waals surface area contributed by atoms with E-state index in [1.165, 1.54) is 0 Å². The third kappa shape index (κ3) is 4.25. The summed E-state index contributed by atoms with van der Waals surface area (Å²) in [6.07, 6.45) is 3.85. The minimum absolute atomic E-state index is 0.0290. The van der Waals surface area contributed by atoms with Crippen LogP contribution >= 0.6 is 0 Å². The van der Waals surface area contributed by atoms with Gasteiger partial charge in [-0.1, -0.05) is 42.5 Å². The van der Waals surface area contributed by atoms with Gasteiger partial charge in [-0.05, 0) is 43.7 Å². The number of aliphatic hydroxyl groups excluding tert-OH is 2. The summed E-state index contributed by atoms with van der Waals surface area (Å²) in [6, 6.07) is 8.48. The molecule has 0 aromatic heterocycles. The Labute approximate surface area is 167 Å². The highest BCUT2D eigenvalue weighted by Crippen LogP contribution is 2.53. The van der Waals surface area contributed by atoms with Crippen LogP contribution in [0.15, 0.2) is 59.5 Å². The molecule has 0 radical (unpaired) electrons. The second kappa shape index (κ2) is 8.91. The number of hydrogen-bond donors (Lipinski definition) is 2. The normalized spacial score (nSPS) is 31.4. The molecule has 0 heterocycles. The number of benzene rings is 1. The molecule has 0 bridgehead atoms. The highest BCUT2D eigenvalue weighted by molar-refractivity contribution is 7.92. The minimum Gasteiger partial charge on any atom is -0.392 e. The zero-order valence-electron chi connectivity index (χ0n) is 16.3. The number of hydrogen-bond acceptors (Lipinski definition) is 5. The Morgan fingerprint density at radius 2 is 2.00 bits per heavy atom. The first-order valence-corrected chi connectivity index (χ1v) is 11.5. The molecule has 0 amide bonds. The van der Waals surface area contributed by atoms with Gasteiger partial charge >= 0.3 is 0 Å². The maximum atomic E-state index is 13.2. The predicted octanol–water partition coefficient (Wildman–Crippen LogP) is 2.75. The summed E-state index contributed by atoms with van der Waals surface area (Å²) < 4.78 is 31.7. The molecule has 6 heteroatoms. The predicted molar refractivity (Wildman–Crippen MR) is 109 cm³/mol. The van der Waals surface area contributed by atoms with Gasteiger partial charge in [-0.3, -0.25) is 0 Å². The summed E-state index contributed by atoms with van der Waals surface area (Å²) in [6.45, 7) is 7.06. The molecule has 2 saturated carbocycles. The molecule has 1 aromatic rings. The quantitative estimate of drug-likeness (QED) is 0.512. The van der Waals surface area contributed by atoms with E-state index >= 15 is 0 Å². The van der Waals surface area contributed by atoms with Crippen molar-refractivity contribution in [1.29, 1.82) is 0 Å². The molecule has 2 fully saturated rings. The maximum absolute atomic E-state index is 13.2. The smallest absolute Gasteiger partial charge is 0.185 e. The summed E-state index contributed by atoms with van der Waals surface area (Å²) in [5.74, 6) is -0.288. The summed E-state index contributed by atoms with van der Waals surface area (Å²) in [4.78, 5) is 0.307. The van der Waals surface area contributed by atoms with E-state index in [2.05, 4.69) is 6.58 Å². The first kappa shape index (κ1) is 21.2. The average molecular weight is 407 g/mol. The van der Waals surface area contributed by atoms with Gasteiger partial charge in [-0.2, -0.15) is 0 Å². The number of ether oxygens (including phenoxy) is 1. The molecule has 1 unspecified atom stereocenters. The van der Waals surface area contributed by atoms with Crippen LogP contribution in [0.4, 0.5) is 0 Å². The van der Waals surface area contributed by atoms with Crippen LogP contribution in [-0.4, -0.2) is 49.3 Å². The zero-order chi connectivity index (χ0) is 20.3. The molecule has 0 aliphatic heterocycles. The molecular weight excluding hydrogens is 376 g/mol. The van der Waals surface area contributed by atoms with Crippen molar-refractivity contribution < 1.29 is 23.4 Å². The molecule has 2 N–H and O–H groups in total. The van der Waals surface area contributed by atoms with Gasteiger partial charge in [0, 0.05) is 25.6 Å². The van der Waals surface area contributed by atoms with Crippen LogP contribution in [0.5, 0.6) is 0 Å². The van der Waals surface area contributed by atoms with Gasteiger partial charge in [0.15, 0.2) is 9.84 Å². The Hall–Kier alpha value is -1.47. The fourth-order valence-electron chi connectivity index (χ4n) is 4.72. The van der Waals surface area contributed by atoms with E-state index in [1.54, 1.807) is 36.4 Å². The summed E-state index contributed by atoms with van der Waals surface area (Å²) in [7, 11) is -3.54. The van der Waals surface area contributed by atoms with E-state index in [0.29, 0.717) is 37.4 Å². The number of rotatable bonds is 8. The van der Waals surface area contributed by atoms with Crippen molar-refractivity contribution in [2.45, 2.75) is 48.5 Å². The molecule has 154 valence electrons. The Morgan fingerprint density at radius 1 is 1.29 bits per heavy atom. The number of fused-ring (bicyclic) bond motifs is 1. The highest BCUT2D eigenvalue weighted by atomic mass is 32.2. The second-order valence-electron chi connectivity index (χ2n) is 7.79. The summed E-state index contributed by atoms with van der Waals surface area (Å²) in [5.41, 5.74) is 0.723. The Bertz CT molecular complexity index is 801. The molecule has 0 spiro atoms. The monoisotopic (exact) mass is 406 g/mol. The molecule has 6 atom stereocenters. The van der Waals surface area contributed by atoms with Crippen molar-refractivity contribution in [1.82, 2.24) is 0 Å². The topological polar surface area (TPSA) is 83.8 Å². The fraction of sp³-hybridized carbons (Fsp3) is 0.545. The molecule has 1 aromatic carbocycles. The minimum atomic E-state index is -3.54. The van der Waals surface area contributed by atoms with Crippen LogP contribution in [-0.2, 0) is 14.6 Å². The van der Waals surface area contributed by atoms with Crippen molar-refractivity contribution in [2.75, 3.05) is 13.2 Å². The lowest BCUT2D eigenvalue weighted by atomic mass is 9.90. The third-order valence-corrected chi connectivity index (χ3v) is 8.30. The number of aliphatic hydroxyl groups is 2. The van der Waals surface area contributed by atoms with Crippen LogP contribution in [0, 0.1) is 17.8 Å². The zero-order valence-corrected chi connectivity index (χ0v) is 17.1. The lowest BCUT2D eigenvalue weighted by molar-refractivity contribution is 0.106. The largest absolute Gasteiger partial charge is 0.392 e. The van der Waals surface area contributed by atoms with E-state index < -0.39 is 27.3 Å². The van der Waals surface area contributed by atoms with Gasteiger partial charge in [0.05, 0.1) is 22.4 Å². The Kier molecular flexibility index (Phi) is 6.76. The molecule has 28 heavy (non-hydrogen) atoms. The third-order valence-electron chi connectivity index (χ3n) is 6.02. The van der Waals surface area contributed by atoms with Crippen LogP contribution in [0.3, 0.4) is 0 Å². The van der Waals surface area contributed by atoms with E-state index in [4.69, 9.17) is 4.74 Å². The fourth-order valence-corrected chi connectivity index (χ4v) is 6.86.